The lowest BCUT2D eigenvalue weighted by molar-refractivity contribution is 0.608. The van der Waals surface area contributed by atoms with Crippen LogP contribution in [0.25, 0.3) is 0 Å². The van der Waals surface area contributed by atoms with Crippen LogP contribution in [0, 0.1) is 39.1 Å². The second-order valence-corrected chi connectivity index (χ2v) is 4.36. The molecular weight excluding hydrogens is 193 g/mol. The van der Waals surface area contributed by atoms with Crippen molar-refractivity contribution >= 4 is 16.1 Å². The molecule has 0 aliphatic heterocycles. The smallest absolute Gasteiger partial charge is 0.129 e. The molecule has 74 valence electrons. The van der Waals surface area contributed by atoms with Crippen LogP contribution in [-0.4, -0.2) is 10.4 Å². The topological polar surface area (TPSA) is 3.24 Å². The van der Waals surface area contributed by atoms with Crippen LogP contribution in [-0.2, 0) is 0 Å². The van der Waals surface area contributed by atoms with Crippen LogP contribution in [0.2, 0.25) is 0 Å². The zero-order valence-corrected chi connectivity index (χ0v) is 11.0. The molecule has 0 atom stereocenters. The number of anilines is 1. The summed E-state index contributed by atoms with van der Waals surface area (Å²) in [5.41, 5.74) is 3.23. The summed E-state index contributed by atoms with van der Waals surface area (Å²) < 4.78 is 15.3. The van der Waals surface area contributed by atoms with Gasteiger partial charge in [0, 0.05) is 5.69 Å². The normalized spacial score (nSPS) is 9.93. The molecule has 0 saturated carbocycles. The number of rotatable bonds is 1. The molecule has 0 bridgehead atoms. The molecule has 1 rings (SSSR count). The van der Waals surface area contributed by atoms with Gasteiger partial charge in [0.2, 0.25) is 0 Å². The third-order valence-corrected chi connectivity index (χ3v) is 3.27. The largest absolute Gasteiger partial charge is 0.340 e. The first-order valence-corrected chi connectivity index (χ1v) is 5.34. The average molecular weight is 207 g/mol. The van der Waals surface area contributed by atoms with E-state index in [0.29, 0.717) is 11.1 Å². The quantitative estimate of drug-likeness (QED) is 0.382. The second kappa shape index (κ2) is 3.85. The standard InChI is InChI=1S/C11H14FNSi/c1-5-13(14)10-6-7(2)11(12)9(4)8(10)3/h1,6H,2-4,14H3. The number of hydrogen-bond acceptors (Lipinski definition) is 1. The summed E-state index contributed by atoms with van der Waals surface area (Å²) in [5.74, 6) is -0.127. The Labute approximate surface area is 87.4 Å². The summed E-state index contributed by atoms with van der Waals surface area (Å²) in [5, 5.41) is 0. The first-order valence-electron chi connectivity index (χ1n) is 4.45. The highest BCUT2D eigenvalue weighted by Gasteiger charge is 2.11. The SMILES string of the molecule is C#CN([SiH3])c1cc(C)c(F)c(C)c1C. The Morgan fingerprint density at radius 2 is 1.93 bits per heavy atom. The van der Waals surface area contributed by atoms with E-state index in [1.54, 1.807) is 18.4 Å². The lowest BCUT2D eigenvalue weighted by Gasteiger charge is -2.18. The lowest BCUT2D eigenvalue weighted by Crippen LogP contribution is -2.13. The molecule has 0 spiro atoms. The van der Waals surface area contributed by atoms with E-state index in [2.05, 4.69) is 6.04 Å². The monoisotopic (exact) mass is 207 g/mol. The molecule has 0 aliphatic rings. The van der Waals surface area contributed by atoms with E-state index in [0.717, 1.165) is 21.7 Å². The molecule has 14 heavy (non-hydrogen) atoms. The molecule has 1 nitrogen and oxygen atoms in total. The van der Waals surface area contributed by atoms with Gasteiger partial charge in [0.05, 0.1) is 0 Å². The van der Waals surface area contributed by atoms with Crippen molar-refractivity contribution in [3.8, 4) is 12.5 Å². The number of terminal acetylenes is 1. The number of nitrogens with zero attached hydrogens (tertiary/aromatic N) is 1. The Morgan fingerprint density at radius 1 is 1.36 bits per heavy atom. The van der Waals surface area contributed by atoms with Gasteiger partial charge in [-0.1, -0.05) is 6.42 Å². The van der Waals surface area contributed by atoms with Gasteiger partial charge in [-0.3, -0.25) is 0 Å². The zero-order chi connectivity index (χ0) is 10.9. The minimum Gasteiger partial charge on any atom is -0.340 e. The fourth-order valence-corrected chi connectivity index (χ4v) is 1.91. The number of benzene rings is 1. The van der Waals surface area contributed by atoms with Gasteiger partial charge in [0.15, 0.2) is 0 Å². The Kier molecular flexibility index (Phi) is 2.97. The third-order valence-electron chi connectivity index (χ3n) is 2.53. The molecule has 0 radical (unpaired) electrons. The van der Waals surface area contributed by atoms with Crippen LogP contribution in [0.1, 0.15) is 16.7 Å². The maximum atomic E-state index is 13.5. The first-order chi connectivity index (χ1) is 6.49. The molecular formula is C11H14FNSi. The van der Waals surface area contributed by atoms with Crippen molar-refractivity contribution in [1.29, 1.82) is 0 Å². The van der Waals surface area contributed by atoms with Crippen molar-refractivity contribution in [3.05, 3.63) is 28.6 Å². The molecule has 0 saturated heterocycles. The maximum absolute atomic E-state index is 13.5. The van der Waals surface area contributed by atoms with Crippen LogP contribution in [0.5, 0.6) is 0 Å². The van der Waals surface area contributed by atoms with Crippen LogP contribution < -0.4 is 4.57 Å². The highest BCUT2D eigenvalue weighted by Crippen LogP contribution is 2.26. The summed E-state index contributed by atoms with van der Waals surface area (Å²) in [6, 6.07) is 4.38. The Bertz CT molecular complexity index is 407. The van der Waals surface area contributed by atoms with E-state index in [9.17, 15) is 4.39 Å². The third kappa shape index (κ3) is 1.66. The van der Waals surface area contributed by atoms with Crippen molar-refractivity contribution in [2.24, 2.45) is 0 Å². The van der Waals surface area contributed by atoms with Gasteiger partial charge in [-0.25, -0.2) is 4.39 Å². The van der Waals surface area contributed by atoms with Crippen molar-refractivity contribution in [3.63, 3.8) is 0 Å². The molecule has 0 unspecified atom stereocenters. The van der Waals surface area contributed by atoms with Crippen molar-refractivity contribution in [1.82, 2.24) is 0 Å². The summed E-state index contributed by atoms with van der Waals surface area (Å²) in [7, 11) is 0.744. The first kappa shape index (κ1) is 10.8. The van der Waals surface area contributed by atoms with Gasteiger partial charge in [0.25, 0.3) is 0 Å². The summed E-state index contributed by atoms with van der Waals surface area (Å²) >= 11 is 0. The molecule has 0 aromatic heterocycles. The van der Waals surface area contributed by atoms with E-state index in [1.165, 1.54) is 0 Å². The van der Waals surface area contributed by atoms with Crippen molar-refractivity contribution in [2.45, 2.75) is 20.8 Å². The Hall–Kier alpha value is -1.27. The predicted octanol–water partition coefficient (Wildman–Crippen LogP) is 1.43. The highest BCUT2D eigenvalue weighted by molar-refractivity contribution is 6.20. The van der Waals surface area contributed by atoms with Crippen molar-refractivity contribution in [2.75, 3.05) is 4.57 Å². The maximum Gasteiger partial charge on any atom is 0.129 e. The molecule has 1 aromatic carbocycles. The molecule has 1 aromatic rings. The Morgan fingerprint density at radius 3 is 2.43 bits per heavy atom. The fourth-order valence-electron chi connectivity index (χ4n) is 1.45. The molecule has 0 fully saturated rings. The minimum atomic E-state index is -0.127. The van der Waals surface area contributed by atoms with E-state index in [-0.39, 0.29) is 5.82 Å². The predicted molar refractivity (Wildman–Crippen MR) is 61.9 cm³/mol. The van der Waals surface area contributed by atoms with E-state index in [4.69, 9.17) is 6.42 Å². The molecule has 0 heterocycles. The van der Waals surface area contributed by atoms with Crippen molar-refractivity contribution < 1.29 is 4.39 Å². The highest BCUT2D eigenvalue weighted by atomic mass is 28.2. The fraction of sp³-hybridized carbons (Fsp3) is 0.273. The number of halogens is 1. The van der Waals surface area contributed by atoms with Gasteiger partial charge in [-0.15, -0.1) is 0 Å². The molecule has 3 heteroatoms. The number of hydrogen-bond donors (Lipinski definition) is 0. The van der Waals surface area contributed by atoms with Gasteiger partial charge >= 0.3 is 0 Å². The van der Waals surface area contributed by atoms with Gasteiger partial charge in [-0.05, 0) is 49.6 Å². The molecule has 0 amide bonds. The van der Waals surface area contributed by atoms with Crippen LogP contribution in [0.3, 0.4) is 0 Å². The Balaban J connectivity index is 3.42. The average Bonchev–Trinajstić information content (AvgIpc) is 2.19. The summed E-state index contributed by atoms with van der Waals surface area (Å²) in [6.45, 7) is 5.44. The van der Waals surface area contributed by atoms with E-state index < -0.39 is 0 Å². The molecule has 0 N–H and O–H groups in total. The van der Waals surface area contributed by atoms with Crippen LogP contribution in [0.15, 0.2) is 6.07 Å². The van der Waals surface area contributed by atoms with E-state index >= 15 is 0 Å². The van der Waals surface area contributed by atoms with Gasteiger partial charge < -0.3 is 4.57 Å². The zero-order valence-electron chi connectivity index (χ0n) is 8.98. The van der Waals surface area contributed by atoms with E-state index in [1.807, 2.05) is 13.0 Å². The lowest BCUT2D eigenvalue weighted by atomic mass is 10.0. The summed E-state index contributed by atoms with van der Waals surface area (Å²) in [6.07, 6.45) is 5.33. The summed E-state index contributed by atoms with van der Waals surface area (Å²) in [4.78, 5) is 0. The van der Waals surface area contributed by atoms with Gasteiger partial charge in [-0.2, -0.15) is 0 Å². The number of aryl methyl sites for hydroxylation is 1. The van der Waals surface area contributed by atoms with Crippen LogP contribution in [0.4, 0.5) is 10.1 Å². The molecule has 0 aliphatic carbocycles. The second-order valence-electron chi connectivity index (χ2n) is 3.46. The minimum absolute atomic E-state index is 0.127. The van der Waals surface area contributed by atoms with Crippen LogP contribution >= 0.6 is 0 Å². The van der Waals surface area contributed by atoms with Gasteiger partial charge in [0.1, 0.15) is 16.2 Å².